The zero-order chi connectivity index (χ0) is 9.10. The van der Waals surface area contributed by atoms with Gasteiger partial charge in [-0.25, -0.2) is 4.39 Å². The Morgan fingerprint density at radius 3 is 2.69 bits per heavy atom. The quantitative estimate of drug-likeness (QED) is 0.722. The molecule has 1 fully saturated rings. The average molecular weight is 198 g/mol. The van der Waals surface area contributed by atoms with Crippen molar-refractivity contribution >= 4 is 11.8 Å². The van der Waals surface area contributed by atoms with Crippen LogP contribution < -0.4 is 0 Å². The van der Waals surface area contributed by atoms with E-state index in [1.165, 1.54) is 12.1 Å². The molecule has 0 amide bonds. The lowest BCUT2D eigenvalue weighted by molar-refractivity contribution is 0.173. The van der Waals surface area contributed by atoms with Gasteiger partial charge in [-0.3, -0.25) is 0 Å². The van der Waals surface area contributed by atoms with Crippen LogP contribution in [0.15, 0.2) is 29.2 Å². The summed E-state index contributed by atoms with van der Waals surface area (Å²) in [5.74, 6) is -0.184. The van der Waals surface area contributed by atoms with Crippen molar-refractivity contribution in [3.05, 3.63) is 30.1 Å². The van der Waals surface area contributed by atoms with Crippen LogP contribution in [0.4, 0.5) is 4.39 Å². The minimum absolute atomic E-state index is 0.184. The third-order valence-corrected chi connectivity index (χ3v) is 3.15. The summed E-state index contributed by atoms with van der Waals surface area (Å²) in [6, 6.07) is 6.55. The Morgan fingerprint density at radius 2 is 2.08 bits per heavy atom. The summed E-state index contributed by atoms with van der Waals surface area (Å²) in [4.78, 5) is 1.08. The van der Waals surface area contributed by atoms with E-state index in [0.717, 1.165) is 24.3 Å². The Bertz CT molecular complexity index is 267. The molecule has 1 atom stereocenters. The van der Waals surface area contributed by atoms with Gasteiger partial charge in [-0.1, -0.05) is 11.8 Å². The molecule has 0 saturated carbocycles. The summed E-state index contributed by atoms with van der Waals surface area (Å²) in [6.07, 6.45) is 2.24. The number of hydrogen-bond acceptors (Lipinski definition) is 2. The molecule has 3 heteroatoms. The zero-order valence-electron chi connectivity index (χ0n) is 7.20. The molecular formula is C10H11FOS. The fourth-order valence-electron chi connectivity index (χ4n) is 1.31. The summed E-state index contributed by atoms with van der Waals surface area (Å²) >= 11 is 1.67. The van der Waals surface area contributed by atoms with E-state index in [9.17, 15) is 4.39 Å². The van der Waals surface area contributed by atoms with Crippen molar-refractivity contribution in [2.45, 2.75) is 23.2 Å². The first kappa shape index (κ1) is 9.03. The lowest BCUT2D eigenvalue weighted by atomic mass is 10.3. The van der Waals surface area contributed by atoms with Crippen LogP contribution in [-0.2, 0) is 4.74 Å². The molecular weight excluding hydrogens is 187 g/mol. The van der Waals surface area contributed by atoms with Crippen molar-refractivity contribution < 1.29 is 9.13 Å². The molecule has 2 rings (SSSR count). The molecule has 0 aromatic heterocycles. The van der Waals surface area contributed by atoms with Crippen molar-refractivity contribution in [2.24, 2.45) is 0 Å². The average Bonchev–Trinajstić information content (AvgIpc) is 2.62. The van der Waals surface area contributed by atoms with E-state index < -0.39 is 0 Å². The van der Waals surface area contributed by atoms with E-state index in [4.69, 9.17) is 4.74 Å². The first-order chi connectivity index (χ1) is 6.34. The van der Waals surface area contributed by atoms with E-state index in [-0.39, 0.29) is 11.3 Å². The van der Waals surface area contributed by atoms with Crippen molar-refractivity contribution in [3.63, 3.8) is 0 Å². The van der Waals surface area contributed by atoms with Crippen LogP contribution in [0, 0.1) is 5.82 Å². The van der Waals surface area contributed by atoms with Gasteiger partial charge in [0.15, 0.2) is 0 Å². The highest BCUT2D eigenvalue weighted by atomic mass is 32.2. The van der Waals surface area contributed by atoms with Gasteiger partial charge in [0.25, 0.3) is 0 Å². The Hall–Kier alpha value is -0.540. The smallest absolute Gasteiger partial charge is 0.123 e. The Kier molecular flexibility index (Phi) is 2.86. The number of hydrogen-bond donors (Lipinski definition) is 0. The molecule has 0 unspecified atom stereocenters. The van der Waals surface area contributed by atoms with Gasteiger partial charge < -0.3 is 4.74 Å². The van der Waals surface area contributed by atoms with Gasteiger partial charge in [-0.05, 0) is 37.1 Å². The molecule has 1 heterocycles. The topological polar surface area (TPSA) is 9.23 Å². The molecule has 1 aliphatic heterocycles. The fourth-order valence-corrected chi connectivity index (χ4v) is 2.35. The summed E-state index contributed by atoms with van der Waals surface area (Å²) in [5, 5.41) is 0. The molecule has 0 N–H and O–H groups in total. The van der Waals surface area contributed by atoms with Crippen LogP contribution in [-0.4, -0.2) is 12.0 Å². The normalized spacial score (nSPS) is 22.1. The lowest BCUT2D eigenvalue weighted by Crippen LogP contribution is -1.97. The predicted octanol–water partition coefficient (Wildman–Crippen LogP) is 3.05. The van der Waals surface area contributed by atoms with Crippen LogP contribution in [0.3, 0.4) is 0 Å². The van der Waals surface area contributed by atoms with Crippen molar-refractivity contribution in [2.75, 3.05) is 6.61 Å². The first-order valence-corrected chi connectivity index (χ1v) is 5.26. The standard InChI is InChI=1S/C10H11FOS/c11-8-3-5-9(6-4-8)13-10-2-1-7-12-10/h3-6,10H,1-2,7H2/t10-/m1/s1. The zero-order valence-corrected chi connectivity index (χ0v) is 8.02. The van der Waals surface area contributed by atoms with Crippen molar-refractivity contribution in [1.29, 1.82) is 0 Å². The second-order valence-corrected chi connectivity index (χ2v) is 4.25. The molecule has 0 radical (unpaired) electrons. The van der Waals surface area contributed by atoms with E-state index in [1.54, 1.807) is 23.9 Å². The molecule has 13 heavy (non-hydrogen) atoms. The Morgan fingerprint density at radius 1 is 1.31 bits per heavy atom. The van der Waals surface area contributed by atoms with E-state index in [2.05, 4.69) is 0 Å². The summed E-state index contributed by atoms with van der Waals surface area (Å²) in [7, 11) is 0. The number of thioether (sulfide) groups is 1. The summed E-state index contributed by atoms with van der Waals surface area (Å²) < 4.78 is 18.0. The van der Waals surface area contributed by atoms with Gasteiger partial charge in [0.1, 0.15) is 11.3 Å². The molecule has 0 aliphatic carbocycles. The lowest BCUT2D eigenvalue weighted by Gasteiger charge is -2.07. The van der Waals surface area contributed by atoms with E-state index >= 15 is 0 Å². The Labute approximate surface area is 81.3 Å². The molecule has 70 valence electrons. The van der Waals surface area contributed by atoms with Crippen LogP contribution in [0.2, 0.25) is 0 Å². The number of benzene rings is 1. The van der Waals surface area contributed by atoms with Crippen molar-refractivity contribution in [3.8, 4) is 0 Å². The van der Waals surface area contributed by atoms with Gasteiger partial charge in [-0.2, -0.15) is 0 Å². The third kappa shape index (κ3) is 2.45. The molecule has 1 aliphatic rings. The summed E-state index contributed by atoms with van der Waals surface area (Å²) in [5.41, 5.74) is 0.269. The largest absolute Gasteiger partial charge is 0.367 e. The highest BCUT2D eigenvalue weighted by molar-refractivity contribution is 7.99. The monoisotopic (exact) mass is 198 g/mol. The second kappa shape index (κ2) is 4.11. The molecule has 1 aromatic rings. The molecule has 1 aromatic carbocycles. The SMILES string of the molecule is Fc1ccc(S[C@@H]2CCCO2)cc1. The van der Waals surface area contributed by atoms with Gasteiger partial charge in [0, 0.05) is 11.5 Å². The summed E-state index contributed by atoms with van der Waals surface area (Å²) in [6.45, 7) is 0.860. The molecule has 1 nitrogen and oxygen atoms in total. The minimum Gasteiger partial charge on any atom is -0.367 e. The third-order valence-electron chi connectivity index (χ3n) is 1.97. The van der Waals surface area contributed by atoms with Crippen LogP contribution in [0.25, 0.3) is 0 Å². The molecule has 0 spiro atoms. The number of ether oxygens (including phenoxy) is 1. The predicted molar refractivity (Wildman–Crippen MR) is 51.2 cm³/mol. The van der Waals surface area contributed by atoms with Crippen molar-refractivity contribution in [1.82, 2.24) is 0 Å². The first-order valence-electron chi connectivity index (χ1n) is 4.38. The maximum atomic E-state index is 12.6. The highest BCUT2D eigenvalue weighted by Gasteiger charge is 2.16. The molecule has 0 bridgehead atoms. The van der Waals surface area contributed by atoms with Crippen LogP contribution in [0.5, 0.6) is 0 Å². The van der Waals surface area contributed by atoms with Gasteiger partial charge in [-0.15, -0.1) is 0 Å². The van der Waals surface area contributed by atoms with E-state index in [0.29, 0.717) is 0 Å². The maximum Gasteiger partial charge on any atom is 0.123 e. The maximum absolute atomic E-state index is 12.6. The molecule has 1 saturated heterocycles. The number of halogens is 1. The number of rotatable bonds is 2. The Balaban J connectivity index is 1.97. The van der Waals surface area contributed by atoms with Gasteiger partial charge in [0.2, 0.25) is 0 Å². The minimum atomic E-state index is -0.184. The van der Waals surface area contributed by atoms with Crippen LogP contribution in [0.1, 0.15) is 12.8 Å². The highest BCUT2D eigenvalue weighted by Crippen LogP contribution is 2.30. The van der Waals surface area contributed by atoms with Gasteiger partial charge >= 0.3 is 0 Å². The van der Waals surface area contributed by atoms with E-state index in [1.807, 2.05) is 0 Å². The van der Waals surface area contributed by atoms with Crippen LogP contribution >= 0.6 is 11.8 Å². The second-order valence-electron chi connectivity index (χ2n) is 3.01. The fraction of sp³-hybridized carbons (Fsp3) is 0.400. The van der Waals surface area contributed by atoms with Gasteiger partial charge in [0.05, 0.1) is 0 Å².